The van der Waals surface area contributed by atoms with Crippen molar-refractivity contribution in [3.05, 3.63) is 38.9 Å². The van der Waals surface area contributed by atoms with Crippen LogP contribution in [0.4, 0.5) is 0 Å². The van der Waals surface area contributed by atoms with Gasteiger partial charge in [-0.15, -0.1) is 11.3 Å². The van der Waals surface area contributed by atoms with Crippen molar-refractivity contribution in [1.82, 2.24) is 15.0 Å². The van der Waals surface area contributed by atoms with E-state index in [1.807, 2.05) is 17.9 Å². The summed E-state index contributed by atoms with van der Waals surface area (Å²) in [5.41, 5.74) is 1.38. The fourth-order valence-corrected chi connectivity index (χ4v) is 4.23. The van der Waals surface area contributed by atoms with Gasteiger partial charge in [0.1, 0.15) is 17.9 Å². The molecule has 0 aliphatic carbocycles. The molecule has 1 aliphatic rings. The van der Waals surface area contributed by atoms with Crippen LogP contribution in [0.3, 0.4) is 0 Å². The number of aliphatic hydroxyl groups excluding tert-OH is 1. The number of rotatable bonds is 4. The van der Waals surface area contributed by atoms with E-state index in [1.165, 1.54) is 4.88 Å². The van der Waals surface area contributed by atoms with Crippen molar-refractivity contribution >= 4 is 17.2 Å². The van der Waals surface area contributed by atoms with Crippen LogP contribution in [0.5, 0.6) is 0 Å². The van der Waals surface area contributed by atoms with Crippen LogP contribution in [0, 0.1) is 18.8 Å². The van der Waals surface area contributed by atoms with E-state index in [9.17, 15) is 4.79 Å². The maximum absolute atomic E-state index is 13.0. The molecule has 144 valence electrons. The first-order valence-electron chi connectivity index (χ1n) is 9.27. The number of nitrogens with zero attached hydrogens (tertiary/aromatic N) is 3. The summed E-state index contributed by atoms with van der Waals surface area (Å²) in [5, 5.41) is 12.8. The predicted molar refractivity (Wildman–Crippen MR) is 105 cm³/mol. The molecule has 1 fully saturated rings. The number of thiophene rings is 1. The Bertz CT molecular complexity index is 846. The average molecular weight is 388 g/mol. The van der Waals surface area contributed by atoms with E-state index in [4.69, 9.17) is 9.63 Å². The molecule has 6 nitrogen and oxygen atoms in total. The van der Waals surface area contributed by atoms with Crippen molar-refractivity contribution in [2.45, 2.75) is 33.2 Å². The van der Waals surface area contributed by atoms with Gasteiger partial charge < -0.3 is 14.5 Å². The van der Waals surface area contributed by atoms with Crippen LogP contribution in [0.2, 0.25) is 0 Å². The van der Waals surface area contributed by atoms with Crippen LogP contribution in [0.15, 0.2) is 16.7 Å². The number of aryl methyl sites for hydroxylation is 2. The fraction of sp³-hybridized carbons (Fsp3) is 0.500. The van der Waals surface area contributed by atoms with Crippen molar-refractivity contribution in [2.75, 3.05) is 32.8 Å². The minimum Gasteiger partial charge on any atom is -0.384 e. The molecular weight excluding hydrogens is 362 g/mol. The molecular formula is C20H25N3O3S. The molecule has 3 rings (SSSR count). The molecule has 0 unspecified atom stereocenters. The number of hydrogen-bond acceptors (Lipinski definition) is 6. The predicted octanol–water partition coefficient (Wildman–Crippen LogP) is 2.30. The van der Waals surface area contributed by atoms with Gasteiger partial charge in [-0.25, -0.2) is 0 Å². The number of aromatic nitrogens is 1. The van der Waals surface area contributed by atoms with Crippen molar-refractivity contribution < 1.29 is 14.4 Å². The van der Waals surface area contributed by atoms with Crippen LogP contribution >= 0.6 is 11.3 Å². The third-order valence-electron chi connectivity index (χ3n) is 4.69. The first-order chi connectivity index (χ1) is 13.1. The lowest BCUT2D eigenvalue weighted by molar-refractivity contribution is 0.0758. The summed E-state index contributed by atoms with van der Waals surface area (Å²) in [6.45, 7) is 7.79. The summed E-state index contributed by atoms with van der Waals surface area (Å²) >= 11 is 1.66. The standard InChI is InChI=1S/C20H25N3O3S/c1-3-18-19(15(2)26-21-18)20(25)23-10-5-9-22(11-12-23)14-17-8-7-16(27-17)6-4-13-24/h7-8,24H,3,5,9-14H2,1-2H3. The summed E-state index contributed by atoms with van der Waals surface area (Å²) in [6, 6.07) is 4.09. The molecule has 0 saturated carbocycles. The van der Waals surface area contributed by atoms with E-state index in [-0.39, 0.29) is 12.5 Å². The van der Waals surface area contributed by atoms with Gasteiger partial charge in [-0.05, 0) is 31.9 Å². The molecule has 1 N–H and O–H groups in total. The zero-order chi connectivity index (χ0) is 19.2. The lowest BCUT2D eigenvalue weighted by atomic mass is 10.1. The van der Waals surface area contributed by atoms with E-state index in [0.717, 1.165) is 43.2 Å². The van der Waals surface area contributed by atoms with Crippen molar-refractivity contribution in [3.63, 3.8) is 0 Å². The first-order valence-corrected chi connectivity index (χ1v) is 10.1. The molecule has 3 heterocycles. The van der Waals surface area contributed by atoms with Crippen molar-refractivity contribution in [3.8, 4) is 11.8 Å². The number of amides is 1. The molecule has 0 spiro atoms. The topological polar surface area (TPSA) is 69.8 Å². The smallest absolute Gasteiger partial charge is 0.259 e. The molecule has 1 aliphatic heterocycles. The highest BCUT2D eigenvalue weighted by Crippen LogP contribution is 2.20. The van der Waals surface area contributed by atoms with Crippen LogP contribution in [-0.2, 0) is 13.0 Å². The molecule has 0 atom stereocenters. The zero-order valence-electron chi connectivity index (χ0n) is 15.8. The van der Waals surface area contributed by atoms with E-state index in [0.29, 0.717) is 24.3 Å². The Kier molecular flexibility index (Phi) is 6.67. The maximum Gasteiger partial charge on any atom is 0.259 e. The Hall–Kier alpha value is -2.14. The van der Waals surface area contributed by atoms with E-state index in [1.54, 1.807) is 18.3 Å². The minimum absolute atomic E-state index is 0.0325. The Morgan fingerprint density at radius 1 is 1.33 bits per heavy atom. The van der Waals surface area contributed by atoms with E-state index in [2.05, 4.69) is 28.0 Å². The molecule has 0 aromatic carbocycles. The van der Waals surface area contributed by atoms with Crippen molar-refractivity contribution in [2.24, 2.45) is 0 Å². The molecule has 0 bridgehead atoms. The quantitative estimate of drug-likeness (QED) is 0.816. The van der Waals surface area contributed by atoms with Gasteiger partial charge in [-0.3, -0.25) is 9.69 Å². The molecule has 27 heavy (non-hydrogen) atoms. The van der Waals surface area contributed by atoms with Gasteiger partial charge >= 0.3 is 0 Å². The SMILES string of the molecule is CCc1noc(C)c1C(=O)N1CCCN(Cc2ccc(C#CCO)s2)CC1. The zero-order valence-corrected chi connectivity index (χ0v) is 16.6. The highest BCUT2D eigenvalue weighted by atomic mass is 32.1. The summed E-state index contributed by atoms with van der Waals surface area (Å²) in [4.78, 5) is 19.5. The summed E-state index contributed by atoms with van der Waals surface area (Å²) < 4.78 is 5.23. The molecule has 7 heteroatoms. The van der Waals surface area contributed by atoms with Crippen LogP contribution in [0.1, 0.15) is 44.9 Å². The molecule has 1 amide bonds. The Balaban J connectivity index is 1.61. The molecule has 2 aromatic heterocycles. The third kappa shape index (κ3) is 4.78. The molecule has 0 radical (unpaired) electrons. The second-order valence-corrected chi connectivity index (χ2v) is 7.73. The Morgan fingerprint density at radius 3 is 2.96 bits per heavy atom. The van der Waals surface area contributed by atoms with E-state index < -0.39 is 0 Å². The van der Waals surface area contributed by atoms with Gasteiger partial charge in [-0.1, -0.05) is 23.9 Å². The summed E-state index contributed by atoms with van der Waals surface area (Å²) in [5.74, 6) is 6.27. The monoisotopic (exact) mass is 387 g/mol. The average Bonchev–Trinajstić information content (AvgIpc) is 3.19. The Labute approximate surface area is 163 Å². The van der Waals surface area contributed by atoms with E-state index >= 15 is 0 Å². The second kappa shape index (κ2) is 9.18. The van der Waals surface area contributed by atoms with Gasteiger partial charge in [-0.2, -0.15) is 0 Å². The molecule has 1 saturated heterocycles. The van der Waals surface area contributed by atoms with Gasteiger partial charge in [0.05, 0.1) is 10.6 Å². The maximum atomic E-state index is 13.0. The largest absolute Gasteiger partial charge is 0.384 e. The van der Waals surface area contributed by atoms with Gasteiger partial charge in [0, 0.05) is 37.6 Å². The summed E-state index contributed by atoms with van der Waals surface area (Å²) in [7, 11) is 0. The minimum atomic E-state index is -0.116. The van der Waals surface area contributed by atoms with Gasteiger partial charge in [0.15, 0.2) is 0 Å². The number of hydrogen-bond donors (Lipinski definition) is 1. The fourth-order valence-electron chi connectivity index (χ4n) is 3.30. The van der Waals surface area contributed by atoms with Gasteiger partial charge in [0.25, 0.3) is 5.91 Å². The van der Waals surface area contributed by atoms with Crippen molar-refractivity contribution in [1.29, 1.82) is 0 Å². The highest BCUT2D eigenvalue weighted by molar-refractivity contribution is 7.12. The number of aliphatic hydroxyl groups is 1. The summed E-state index contributed by atoms with van der Waals surface area (Å²) in [6.07, 6.45) is 1.64. The Morgan fingerprint density at radius 2 is 2.19 bits per heavy atom. The lowest BCUT2D eigenvalue weighted by Crippen LogP contribution is -2.35. The normalized spacial score (nSPS) is 15.3. The number of carbonyl (C=O) groups is 1. The lowest BCUT2D eigenvalue weighted by Gasteiger charge is -2.21. The second-order valence-electron chi connectivity index (χ2n) is 6.56. The third-order valence-corrected chi connectivity index (χ3v) is 5.68. The first kappa shape index (κ1) is 19.6. The number of carbonyl (C=O) groups excluding carboxylic acids is 1. The molecule has 2 aromatic rings. The van der Waals surface area contributed by atoms with Crippen LogP contribution in [-0.4, -0.2) is 58.8 Å². The van der Waals surface area contributed by atoms with Gasteiger partial charge in [0.2, 0.25) is 0 Å². The van der Waals surface area contributed by atoms with Crippen LogP contribution < -0.4 is 0 Å². The van der Waals surface area contributed by atoms with Crippen LogP contribution in [0.25, 0.3) is 0 Å². The highest BCUT2D eigenvalue weighted by Gasteiger charge is 2.26.